The van der Waals surface area contributed by atoms with Crippen molar-refractivity contribution in [1.82, 2.24) is 5.32 Å². The lowest BCUT2D eigenvalue weighted by Gasteiger charge is -2.13. The van der Waals surface area contributed by atoms with Crippen LogP contribution in [0.1, 0.15) is 25.8 Å². The van der Waals surface area contributed by atoms with Crippen molar-refractivity contribution in [2.45, 2.75) is 32.7 Å². The van der Waals surface area contributed by atoms with E-state index in [0.717, 1.165) is 25.3 Å². The minimum absolute atomic E-state index is 0.366. The fourth-order valence-electron chi connectivity index (χ4n) is 1.82. The van der Waals surface area contributed by atoms with Gasteiger partial charge in [-0.2, -0.15) is 0 Å². The van der Waals surface area contributed by atoms with Crippen LogP contribution in [-0.4, -0.2) is 32.9 Å². The van der Waals surface area contributed by atoms with Crippen molar-refractivity contribution in [1.29, 1.82) is 0 Å². The minimum Gasteiger partial charge on any atom is -0.492 e. The third-order valence-corrected chi connectivity index (χ3v) is 2.74. The molecule has 0 spiro atoms. The van der Waals surface area contributed by atoms with Gasteiger partial charge in [-0.05, 0) is 31.0 Å². The predicted molar refractivity (Wildman–Crippen MR) is 75.3 cm³/mol. The summed E-state index contributed by atoms with van der Waals surface area (Å²) >= 11 is 0. The summed E-state index contributed by atoms with van der Waals surface area (Å²) in [4.78, 5) is 0. The summed E-state index contributed by atoms with van der Waals surface area (Å²) in [5, 5.41) is 3.34. The van der Waals surface area contributed by atoms with Crippen molar-refractivity contribution in [3.63, 3.8) is 0 Å². The Hall–Kier alpha value is -1.06. The Labute approximate surface area is 110 Å². The van der Waals surface area contributed by atoms with Crippen LogP contribution < -0.4 is 10.1 Å². The third-order valence-electron chi connectivity index (χ3n) is 2.74. The van der Waals surface area contributed by atoms with Gasteiger partial charge in [0, 0.05) is 19.7 Å². The van der Waals surface area contributed by atoms with Crippen LogP contribution in [0, 0.1) is 0 Å². The van der Waals surface area contributed by atoms with Gasteiger partial charge < -0.3 is 14.8 Å². The molecule has 1 unspecified atom stereocenters. The van der Waals surface area contributed by atoms with Crippen LogP contribution in [0.5, 0.6) is 5.75 Å². The zero-order valence-electron chi connectivity index (χ0n) is 11.7. The number of rotatable bonds is 9. The van der Waals surface area contributed by atoms with E-state index in [-0.39, 0.29) is 0 Å². The molecule has 0 saturated carbocycles. The Morgan fingerprint density at radius 1 is 1.22 bits per heavy atom. The van der Waals surface area contributed by atoms with Crippen LogP contribution >= 0.6 is 0 Å². The molecule has 0 saturated heterocycles. The molecule has 0 aliphatic heterocycles. The lowest BCUT2D eigenvalue weighted by atomic mass is 10.1. The first-order valence-electron chi connectivity index (χ1n) is 6.70. The van der Waals surface area contributed by atoms with Gasteiger partial charge in [-0.1, -0.05) is 25.5 Å². The Morgan fingerprint density at radius 3 is 2.56 bits per heavy atom. The second-order valence-electron chi connectivity index (χ2n) is 4.55. The zero-order valence-corrected chi connectivity index (χ0v) is 11.7. The molecule has 0 aliphatic rings. The van der Waals surface area contributed by atoms with Crippen molar-refractivity contribution >= 4 is 0 Å². The molecule has 1 N–H and O–H groups in total. The first-order chi connectivity index (χ1) is 8.76. The largest absolute Gasteiger partial charge is 0.492 e. The molecule has 1 atom stereocenters. The second kappa shape index (κ2) is 8.95. The van der Waals surface area contributed by atoms with Crippen molar-refractivity contribution in [3.05, 3.63) is 29.8 Å². The summed E-state index contributed by atoms with van der Waals surface area (Å²) < 4.78 is 10.7. The molecule has 0 fully saturated rings. The van der Waals surface area contributed by atoms with Gasteiger partial charge >= 0.3 is 0 Å². The molecule has 18 heavy (non-hydrogen) atoms. The van der Waals surface area contributed by atoms with E-state index in [9.17, 15) is 0 Å². The number of hydrogen-bond donors (Lipinski definition) is 1. The van der Waals surface area contributed by atoms with Gasteiger partial charge in [0.1, 0.15) is 12.4 Å². The predicted octanol–water partition coefficient (Wildman–Crippen LogP) is 2.64. The summed E-state index contributed by atoms with van der Waals surface area (Å²) in [6.07, 6.45) is 2.32. The number of nitrogens with one attached hydrogen (secondary N) is 1. The van der Waals surface area contributed by atoms with Crippen LogP contribution in [0.3, 0.4) is 0 Å². The van der Waals surface area contributed by atoms with Gasteiger partial charge in [-0.3, -0.25) is 0 Å². The molecule has 0 aromatic heterocycles. The van der Waals surface area contributed by atoms with E-state index in [0.29, 0.717) is 12.6 Å². The third kappa shape index (κ3) is 6.03. The Bertz CT molecular complexity index is 311. The van der Waals surface area contributed by atoms with E-state index in [2.05, 4.69) is 31.3 Å². The first-order valence-corrected chi connectivity index (χ1v) is 6.70. The van der Waals surface area contributed by atoms with Gasteiger partial charge in [0.25, 0.3) is 0 Å². The van der Waals surface area contributed by atoms with Gasteiger partial charge in [0.05, 0.1) is 6.61 Å². The molecule has 0 aliphatic carbocycles. The zero-order chi connectivity index (χ0) is 13.2. The summed E-state index contributed by atoms with van der Waals surface area (Å²) in [5.41, 5.74) is 1.37. The SMILES string of the molecule is CCCc1ccc(OCCNC(C)COC)cc1. The molecule has 1 rings (SSSR count). The standard InChI is InChI=1S/C15H25NO2/c1-4-5-14-6-8-15(9-7-14)18-11-10-16-13(2)12-17-3/h6-9,13,16H,4-5,10-12H2,1-3H3. The maximum absolute atomic E-state index is 5.66. The average Bonchev–Trinajstić information content (AvgIpc) is 2.37. The summed E-state index contributed by atoms with van der Waals surface area (Å²) in [7, 11) is 1.71. The van der Waals surface area contributed by atoms with Crippen LogP contribution in [0.15, 0.2) is 24.3 Å². The number of methoxy groups -OCH3 is 1. The Kier molecular flexibility index (Phi) is 7.46. The monoisotopic (exact) mass is 251 g/mol. The smallest absolute Gasteiger partial charge is 0.119 e. The normalized spacial score (nSPS) is 12.4. The molecule has 0 heterocycles. The van der Waals surface area contributed by atoms with Gasteiger partial charge in [0.15, 0.2) is 0 Å². The second-order valence-corrected chi connectivity index (χ2v) is 4.55. The van der Waals surface area contributed by atoms with Crippen molar-refractivity contribution < 1.29 is 9.47 Å². The van der Waals surface area contributed by atoms with Crippen LogP contribution in [0.25, 0.3) is 0 Å². The number of ether oxygens (including phenoxy) is 2. The topological polar surface area (TPSA) is 30.5 Å². The quantitative estimate of drug-likeness (QED) is 0.684. The Morgan fingerprint density at radius 2 is 1.94 bits per heavy atom. The number of benzene rings is 1. The van der Waals surface area contributed by atoms with Crippen LogP contribution in [0.4, 0.5) is 0 Å². The maximum Gasteiger partial charge on any atom is 0.119 e. The maximum atomic E-state index is 5.66. The van der Waals surface area contributed by atoms with E-state index in [1.165, 1.54) is 12.0 Å². The highest BCUT2D eigenvalue weighted by molar-refractivity contribution is 5.27. The molecule has 1 aromatic rings. The fraction of sp³-hybridized carbons (Fsp3) is 0.600. The molecular weight excluding hydrogens is 226 g/mol. The molecule has 0 amide bonds. The minimum atomic E-state index is 0.366. The molecule has 1 aromatic carbocycles. The highest BCUT2D eigenvalue weighted by atomic mass is 16.5. The fourth-order valence-corrected chi connectivity index (χ4v) is 1.82. The van der Waals surface area contributed by atoms with Crippen molar-refractivity contribution in [3.8, 4) is 5.75 Å². The molecule has 0 bridgehead atoms. The van der Waals surface area contributed by atoms with E-state index in [1.54, 1.807) is 7.11 Å². The van der Waals surface area contributed by atoms with E-state index in [4.69, 9.17) is 9.47 Å². The van der Waals surface area contributed by atoms with Gasteiger partial charge in [-0.15, -0.1) is 0 Å². The van der Waals surface area contributed by atoms with Crippen molar-refractivity contribution in [2.24, 2.45) is 0 Å². The lowest BCUT2D eigenvalue weighted by molar-refractivity contribution is 0.169. The highest BCUT2D eigenvalue weighted by Gasteiger charge is 1.99. The van der Waals surface area contributed by atoms with E-state index in [1.807, 2.05) is 12.1 Å². The molecule has 0 radical (unpaired) electrons. The lowest BCUT2D eigenvalue weighted by Crippen LogP contribution is -2.33. The van der Waals surface area contributed by atoms with Crippen molar-refractivity contribution in [2.75, 3.05) is 26.9 Å². The Balaban J connectivity index is 2.19. The number of hydrogen-bond acceptors (Lipinski definition) is 3. The summed E-state index contributed by atoms with van der Waals surface area (Å²) in [6.45, 7) is 6.54. The van der Waals surface area contributed by atoms with Gasteiger partial charge in [-0.25, -0.2) is 0 Å². The molecule has 3 nitrogen and oxygen atoms in total. The average molecular weight is 251 g/mol. The van der Waals surface area contributed by atoms with E-state index < -0.39 is 0 Å². The number of aryl methyl sites for hydroxylation is 1. The van der Waals surface area contributed by atoms with Crippen LogP contribution in [0.2, 0.25) is 0 Å². The molecule has 102 valence electrons. The summed E-state index contributed by atoms with van der Waals surface area (Å²) in [5.74, 6) is 0.941. The van der Waals surface area contributed by atoms with Crippen LogP contribution in [-0.2, 0) is 11.2 Å². The van der Waals surface area contributed by atoms with Gasteiger partial charge in [0.2, 0.25) is 0 Å². The molecular formula is C15H25NO2. The first kappa shape index (κ1) is 15.0. The summed E-state index contributed by atoms with van der Waals surface area (Å²) in [6, 6.07) is 8.73. The molecule has 3 heteroatoms. The van der Waals surface area contributed by atoms with E-state index >= 15 is 0 Å². The highest BCUT2D eigenvalue weighted by Crippen LogP contribution is 2.12.